The molecule has 7 heteroatoms. The Morgan fingerprint density at radius 1 is 0.926 bits per heavy atom. The predicted molar refractivity (Wildman–Crippen MR) is 102 cm³/mol. The number of urea groups is 1. The molecule has 7 nitrogen and oxygen atoms in total. The van der Waals surface area contributed by atoms with E-state index in [0.29, 0.717) is 22.5 Å². The van der Waals surface area contributed by atoms with Crippen LogP contribution in [0.15, 0.2) is 60.7 Å². The molecule has 1 heterocycles. The summed E-state index contributed by atoms with van der Waals surface area (Å²) in [5.41, 5.74) is 6.63. The number of amides is 3. The predicted octanol–water partition coefficient (Wildman–Crippen LogP) is 2.83. The summed E-state index contributed by atoms with van der Waals surface area (Å²) < 4.78 is 0. The van der Waals surface area contributed by atoms with Crippen LogP contribution in [0.4, 0.5) is 10.5 Å². The summed E-state index contributed by atoms with van der Waals surface area (Å²) in [7, 11) is 0. The molecule has 0 atom stereocenters. The number of ketones is 1. The highest BCUT2D eigenvalue weighted by molar-refractivity contribution is 6.00. The Morgan fingerprint density at radius 3 is 2.37 bits per heavy atom. The third-order valence-corrected chi connectivity index (χ3v) is 3.86. The largest absolute Gasteiger partial charge is 0.337 e. The Hall–Kier alpha value is -3.74. The number of hydrogen-bond acceptors (Lipinski definition) is 4. The van der Waals surface area contributed by atoms with Gasteiger partial charge in [0, 0.05) is 16.6 Å². The number of anilines is 1. The number of hydrazine groups is 1. The van der Waals surface area contributed by atoms with Crippen LogP contribution in [-0.2, 0) is 11.2 Å². The minimum atomic E-state index is -0.576. The van der Waals surface area contributed by atoms with Gasteiger partial charge in [0.15, 0.2) is 5.78 Å². The number of fused-ring (bicyclic) bond motifs is 1. The Morgan fingerprint density at radius 2 is 1.63 bits per heavy atom. The maximum absolute atomic E-state index is 12.2. The standard InChI is InChI=1S/C20H18N4O3/c1-13(25)16-11-14-7-5-6-10-17(14)22-18(16)12-19(26)23-24-20(27)21-15-8-3-2-4-9-15/h2-11H,12H2,1H3,(H,23,26)(H2,21,24,27). The Balaban J connectivity index is 1.66. The molecule has 0 fully saturated rings. The smallest absolute Gasteiger partial charge is 0.307 e. The second-order valence-electron chi connectivity index (χ2n) is 5.90. The van der Waals surface area contributed by atoms with E-state index >= 15 is 0 Å². The molecule has 0 aliphatic carbocycles. The zero-order valence-corrected chi connectivity index (χ0v) is 14.7. The van der Waals surface area contributed by atoms with Gasteiger partial charge in [-0.05, 0) is 31.2 Å². The van der Waals surface area contributed by atoms with Gasteiger partial charge in [0.1, 0.15) is 0 Å². The first-order chi connectivity index (χ1) is 13.0. The lowest BCUT2D eigenvalue weighted by atomic mass is 10.0. The van der Waals surface area contributed by atoms with Crippen molar-refractivity contribution >= 4 is 34.3 Å². The highest BCUT2D eigenvalue weighted by Gasteiger charge is 2.15. The fourth-order valence-corrected chi connectivity index (χ4v) is 2.60. The first kappa shape index (κ1) is 18.1. The van der Waals surface area contributed by atoms with E-state index in [1.165, 1.54) is 6.92 Å². The van der Waals surface area contributed by atoms with Crippen molar-refractivity contribution in [2.45, 2.75) is 13.3 Å². The molecule has 0 unspecified atom stereocenters. The number of nitrogens with zero attached hydrogens (tertiary/aromatic N) is 1. The SMILES string of the molecule is CC(=O)c1cc2ccccc2nc1CC(=O)NNC(=O)Nc1ccccc1. The summed E-state index contributed by atoms with van der Waals surface area (Å²) in [5.74, 6) is -0.658. The Bertz CT molecular complexity index is 1000. The monoisotopic (exact) mass is 362 g/mol. The van der Waals surface area contributed by atoms with Crippen molar-refractivity contribution in [3.05, 3.63) is 71.9 Å². The van der Waals surface area contributed by atoms with Crippen molar-refractivity contribution in [1.29, 1.82) is 0 Å². The molecule has 1 aromatic heterocycles. The number of carbonyl (C=O) groups is 3. The van der Waals surface area contributed by atoms with Crippen molar-refractivity contribution in [3.8, 4) is 0 Å². The van der Waals surface area contributed by atoms with Gasteiger partial charge >= 0.3 is 6.03 Å². The first-order valence-electron chi connectivity index (χ1n) is 8.33. The summed E-state index contributed by atoms with van der Waals surface area (Å²) in [6, 6.07) is 17.3. The van der Waals surface area contributed by atoms with Gasteiger partial charge in [-0.15, -0.1) is 0 Å². The van der Waals surface area contributed by atoms with E-state index in [1.807, 2.05) is 30.3 Å². The molecule has 0 saturated carbocycles. The summed E-state index contributed by atoms with van der Waals surface area (Å²) in [5, 5.41) is 3.41. The fourth-order valence-electron chi connectivity index (χ4n) is 2.60. The number of benzene rings is 2. The summed E-state index contributed by atoms with van der Waals surface area (Å²) >= 11 is 0. The van der Waals surface area contributed by atoms with E-state index in [0.717, 1.165) is 5.39 Å². The molecule has 0 radical (unpaired) electrons. The molecule has 3 amide bonds. The highest BCUT2D eigenvalue weighted by atomic mass is 16.2. The second kappa shape index (κ2) is 8.09. The maximum Gasteiger partial charge on any atom is 0.337 e. The zero-order chi connectivity index (χ0) is 19.2. The molecule has 0 aliphatic rings. The van der Waals surface area contributed by atoms with Gasteiger partial charge in [-0.1, -0.05) is 36.4 Å². The number of nitrogens with one attached hydrogen (secondary N) is 3. The maximum atomic E-state index is 12.2. The molecule has 0 spiro atoms. The molecule has 3 rings (SSSR count). The summed E-state index contributed by atoms with van der Waals surface area (Å²) in [6.45, 7) is 1.43. The van der Waals surface area contributed by atoms with E-state index in [-0.39, 0.29) is 12.2 Å². The number of aromatic nitrogens is 1. The third kappa shape index (κ3) is 4.66. The van der Waals surface area contributed by atoms with Crippen LogP contribution in [0.2, 0.25) is 0 Å². The normalized spacial score (nSPS) is 10.3. The van der Waals surface area contributed by atoms with Crippen LogP contribution >= 0.6 is 0 Å². The fraction of sp³-hybridized carbons (Fsp3) is 0.100. The van der Waals surface area contributed by atoms with Gasteiger partial charge < -0.3 is 5.32 Å². The van der Waals surface area contributed by atoms with Crippen molar-refractivity contribution in [2.24, 2.45) is 0 Å². The second-order valence-corrected chi connectivity index (χ2v) is 5.90. The molecule has 3 N–H and O–H groups in total. The quantitative estimate of drug-likeness (QED) is 0.491. The Kier molecular flexibility index (Phi) is 5.41. The van der Waals surface area contributed by atoms with Crippen LogP contribution < -0.4 is 16.2 Å². The molecule has 27 heavy (non-hydrogen) atoms. The first-order valence-corrected chi connectivity index (χ1v) is 8.33. The number of carbonyl (C=O) groups excluding carboxylic acids is 3. The van der Waals surface area contributed by atoms with Crippen molar-refractivity contribution < 1.29 is 14.4 Å². The van der Waals surface area contributed by atoms with E-state index in [4.69, 9.17) is 0 Å². The number of rotatable bonds is 4. The van der Waals surface area contributed by atoms with Crippen LogP contribution in [0.5, 0.6) is 0 Å². The van der Waals surface area contributed by atoms with Gasteiger partial charge in [0.05, 0.1) is 17.6 Å². The number of hydrogen-bond donors (Lipinski definition) is 3. The van der Waals surface area contributed by atoms with Gasteiger partial charge in [-0.25, -0.2) is 10.2 Å². The lowest BCUT2D eigenvalue weighted by molar-refractivity contribution is -0.121. The minimum Gasteiger partial charge on any atom is -0.307 e. The van der Waals surface area contributed by atoms with Crippen molar-refractivity contribution in [1.82, 2.24) is 15.8 Å². The lowest BCUT2D eigenvalue weighted by Crippen LogP contribution is -2.44. The van der Waals surface area contributed by atoms with Gasteiger partial charge in [0.25, 0.3) is 0 Å². The number of para-hydroxylation sites is 2. The van der Waals surface area contributed by atoms with Crippen molar-refractivity contribution in [3.63, 3.8) is 0 Å². The van der Waals surface area contributed by atoms with E-state index < -0.39 is 11.9 Å². The lowest BCUT2D eigenvalue weighted by Gasteiger charge is -2.11. The van der Waals surface area contributed by atoms with Gasteiger partial charge in [-0.3, -0.25) is 20.0 Å². The van der Waals surface area contributed by atoms with E-state index in [2.05, 4.69) is 21.2 Å². The summed E-state index contributed by atoms with van der Waals surface area (Å²) in [6.07, 6.45) is -0.134. The summed E-state index contributed by atoms with van der Waals surface area (Å²) in [4.78, 5) is 40.3. The molecular formula is C20H18N4O3. The minimum absolute atomic E-state index is 0.134. The molecule has 2 aromatic carbocycles. The number of Topliss-reactive ketones (excluding diaryl/α,β-unsaturated/α-hetero) is 1. The molecule has 0 saturated heterocycles. The zero-order valence-electron chi connectivity index (χ0n) is 14.7. The van der Waals surface area contributed by atoms with Crippen LogP contribution in [-0.4, -0.2) is 22.7 Å². The van der Waals surface area contributed by atoms with Crippen LogP contribution in [0.1, 0.15) is 23.0 Å². The molecule has 3 aromatic rings. The van der Waals surface area contributed by atoms with Crippen LogP contribution in [0.25, 0.3) is 10.9 Å². The molecule has 136 valence electrons. The average Bonchev–Trinajstić information content (AvgIpc) is 2.66. The molecule has 0 aliphatic heterocycles. The third-order valence-electron chi connectivity index (χ3n) is 3.86. The topological polar surface area (TPSA) is 100 Å². The average molecular weight is 362 g/mol. The van der Waals surface area contributed by atoms with E-state index in [1.54, 1.807) is 30.3 Å². The van der Waals surface area contributed by atoms with E-state index in [9.17, 15) is 14.4 Å². The molecular weight excluding hydrogens is 344 g/mol. The van der Waals surface area contributed by atoms with Gasteiger partial charge in [0.2, 0.25) is 5.91 Å². The molecule has 0 bridgehead atoms. The van der Waals surface area contributed by atoms with Crippen LogP contribution in [0, 0.1) is 0 Å². The highest BCUT2D eigenvalue weighted by Crippen LogP contribution is 2.17. The number of pyridine rings is 1. The Labute approximate surface area is 155 Å². The van der Waals surface area contributed by atoms with Crippen LogP contribution in [0.3, 0.4) is 0 Å². The van der Waals surface area contributed by atoms with Gasteiger partial charge in [-0.2, -0.15) is 0 Å². The van der Waals surface area contributed by atoms with Crippen molar-refractivity contribution in [2.75, 3.05) is 5.32 Å².